The molecule has 1 amide bonds. The molecule has 2 bridgehead atoms. The molecule has 3 heterocycles. The average molecular weight is 385 g/mol. The number of likely N-dealkylation sites (N-methyl/N-ethyl adjacent to an activating group) is 2. The largest absolute Gasteiger partial charge is 0.467 e. The fourth-order valence-corrected chi connectivity index (χ4v) is 4.98. The SMILES string of the molecule is COC(=O)C(C1CC2CN(C)CC(C1)N2C)n1nc(C(N)=O)c2ccccc21. The molecule has 0 saturated carbocycles. The van der Waals surface area contributed by atoms with E-state index in [9.17, 15) is 9.59 Å². The van der Waals surface area contributed by atoms with Gasteiger partial charge in [-0.25, -0.2) is 9.48 Å². The van der Waals surface area contributed by atoms with Gasteiger partial charge in [0.1, 0.15) is 0 Å². The summed E-state index contributed by atoms with van der Waals surface area (Å²) in [5.41, 5.74) is 6.47. The van der Waals surface area contributed by atoms with E-state index < -0.39 is 11.9 Å². The summed E-state index contributed by atoms with van der Waals surface area (Å²) in [6, 6.07) is 7.57. The van der Waals surface area contributed by atoms with Gasteiger partial charge in [0.15, 0.2) is 11.7 Å². The minimum Gasteiger partial charge on any atom is -0.467 e. The number of esters is 1. The van der Waals surface area contributed by atoms with Crippen molar-refractivity contribution in [2.24, 2.45) is 11.7 Å². The van der Waals surface area contributed by atoms with Crippen molar-refractivity contribution in [1.82, 2.24) is 19.6 Å². The summed E-state index contributed by atoms with van der Waals surface area (Å²) < 4.78 is 6.83. The van der Waals surface area contributed by atoms with Crippen LogP contribution in [0.4, 0.5) is 0 Å². The van der Waals surface area contributed by atoms with E-state index in [1.807, 2.05) is 24.3 Å². The summed E-state index contributed by atoms with van der Waals surface area (Å²) in [4.78, 5) is 29.6. The highest BCUT2D eigenvalue weighted by atomic mass is 16.5. The van der Waals surface area contributed by atoms with Crippen LogP contribution in [0.3, 0.4) is 0 Å². The third kappa shape index (κ3) is 3.06. The van der Waals surface area contributed by atoms with Gasteiger partial charge in [0.2, 0.25) is 0 Å². The normalized spacial score (nSPS) is 26.9. The van der Waals surface area contributed by atoms with Crippen LogP contribution in [-0.4, -0.2) is 77.8 Å². The minimum atomic E-state index is -0.597. The number of aromatic nitrogens is 2. The van der Waals surface area contributed by atoms with Gasteiger partial charge in [0.25, 0.3) is 5.91 Å². The standard InChI is InChI=1S/C20H27N5O3/c1-23-10-13-8-12(9-14(11-23)24(13)2)18(20(27)28-3)25-16-7-5-4-6-15(16)17(22-25)19(21)26/h4-7,12-14,18H,8-11H2,1-3H3,(H2,21,26). The van der Waals surface area contributed by atoms with Gasteiger partial charge >= 0.3 is 5.97 Å². The van der Waals surface area contributed by atoms with Gasteiger partial charge in [0.05, 0.1) is 12.6 Å². The summed E-state index contributed by atoms with van der Waals surface area (Å²) in [5.74, 6) is -0.845. The zero-order valence-corrected chi connectivity index (χ0v) is 16.5. The predicted molar refractivity (Wildman–Crippen MR) is 105 cm³/mol. The average Bonchev–Trinajstić information content (AvgIpc) is 3.03. The topological polar surface area (TPSA) is 93.7 Å². The molecule has 3 atom stereocenters. The van der Waals surface area contributed by atoms with Crippen LogP contribution >= 0.6 is 0 Å². The maximum absolute atomic E-state index is 12.9. The number of nitrogens with two attached hydrogens (primary N) is 1. The first kappa shape index (κ1) is 18.9. The van der Waals surface area contributed by atoms with Crippen molar-refractivity contribution < 1.29 is 14.3 Å². The van der Waals surface area contributed by atoms with Crippen molar-refractivity contribution in [1.29, 1.82) is 0 Å². The number of primary amides is 1. The molecular weight excluding hydrogens is 358 g/mol. The van der Waals surface area contributed by atoms with Gasteiger partial charge in [-0.15, -0.1) is 0 Å². The van der Waals surface area contributed by atoms with Crippen LogP contribution < -0.4 is 5.73 Å². The maximum atomic E-state index is 12.9. The van der Waals surface area contributed by atoms with Crippen molar-refractivity contribution in [2.75, 3.05) is 34.3 Å². The minimum absolute atomic E-state index is 0.0800. The Morgan fingerprint density at radius 1 is 1.18 bits per heavy atom. The van der Waals surface area contributed by atoms with E-state index in [1.165, 1.54) is 7.11 Å². The van der Waals surface area contributed by atoms with E-state index in [-0.39, 0.29) is 17.6 Å². The van der Waals surface area contributed by atoms with Crippen molar-refractivity contribution in [3.63, 3.8) is 0 Å². The van der Waals surface area contributed by atoms with Crippen molar-refractivity contribution in [3.05, 3.63) is 30.0 Å². The van der Waals surface area contributed by atoms with E-state index >= 15 is 0 Å². The quantitative estimate of drug-likeness (QED) is 0.785. The first-order valence-electron chi connectivity index (χ1n) is 9.66. The lowest BCUT2D eigenvalue weighted by Crippen LogP contribution is -2.60. The van der Waals surface area contributed by atoms with Crippen LogP contribution in [-0.2, 0) is 9.53 Å². The molecule has 8 nitrogen and oxygen atoms in total. The van der Waals surface area contributed by atoms with Gasteiger partial charge in [-0.3, -0.25) is 9.69 Å². The molecule has 0 radical (unpaired) electrons. The summed E-state index contributed by atoms with van der Waals surface area (Å²) >= 11 is 0. The van der Waals surface area contributed by atoms with Gasteiger partial charge in [-0.05, 0) is 38.9 Å². The molecule has 1 aromatic heterocycles. The lowest BCUT2D eigenvalue weighted by atomic mass is 9.79. The van der Waals surface area contributed by atoms with E-state index in [0.29, 0.717) is 17.5 Å². The molecule has 0 spiro atoms. The van der Waals surface area contributed by atoms with Crippen LogP contribution in [0, 0.1) is 5.92 Å². The van der Waals surface area contributed by atoms with Gasteiger partial charge in [-0.1, -0.05) is 18.2 Å². The molecule has 2 aromatic rings. The molecular formula is C20H27N5O3. The van der Waals surface area contributed by atoms with Crippen LogP contribution in [0.2, 0.25) is 0 Å². The highest BCUT2D eigenvalue weighted by molar-refractivity contribution is 6.04. The zero-order chi connectivity index (χ0) is 20.0. The summed E-state index contributed by atoms with van der Waals surface area (Å²) in [5, 5.41) is 5.14. The van der Waals surface area contributed by atoms with E-state index in [4.69, 9.17) is 10.5 Å². The van der Waals surface area contributed by atoms with Crippen LogP contribution in [0.1, 0.15) is 29.4 Å². The molecule has 2 saturated heterocycles. The molecule has 150 valence electrons. The third-order valence-electron chi connectivity index (χ3n) is 6.35. The number of amides is 1. The van der Waals surface area contributed by atoms with Crippen LogP contribution in [0.25, 0.3) is 10.9 Å². The van der Waals surface area contributed by atoms with Crippen molar-refractivity contribution in [2.45, 2.75) is 31.0 Å². The molecule has 28 heavy (non-hydrogen) atoms. The number of benzene rings is 1. The second-order valence-electron chi connectivity index (χ2n) is 8.07. The Balaban J connectivity index is 1.77. The maximum Gasteiger partial charge on any atom is 0.330 e. The number of likely N-dealkylation sites (tertiary alicyclic amines) is 1. The van der Waals surface area contributed by atoms with Crippen molar-refractivity contribution in [3.8, 4) is 0 Å². The highest BCUT2D eigenvalue weighted by Gasteiger charge is 2.44. The third-order valence-corrected chi connectivity index (χ3v) is 6.35. The molecule has 2 fully saturated rings. The number of ether oxygens (including phenoxy) is 1. The van der Waals surface area contributed by atoms with Gasteiger partial charge in [0, 0.05) is 30.6 Å². The molecule has 0 aliphatic carbocycles. The lowest BCUT2D eigenvalue weighted by Gasteiger charge is -2.51. The number of hydrogen-bond donors (Lipinski definition) is 1. The predicted octanol–water partition coefficient (Wildman–Crippen LogP) is 0.874. The molecule has 2 aliphatic heterocycles. The smallest absolute Gasteiger partial charge is 0.330 e. The van der Waals surface area contributed by atoms with Gasteiger partial charge in [-0.2, -0.15) is 5.10 Å². The number of para-hydroxylation sites is 1. The van der Waals surface area contributed by atoms with E-state index in [0.717, 1.165) is 31.4 Å². The Hall–Kier alpha value is -2.45. The Morgan fingerprint density at radius 3 is 2.43 bits per heavy atom. The number of fused-ring (bicyclic) bond motifs is 3. The number of hydrogen-bond acceptors (Lipinski definition) is 6. The summed E-state index contributed by atoms with van der Waals surface area (Å²) in [6.45, 7) is 1.95. The van der Waals surface area contributed by atoms with E-state index in [2.05, 4.69) is 29.0 Å². The van der Waals surface area contributed by atoms with Crippen LogP contribution in [0.15, 0.2) is 24.3 Å². The monoisotopic (exact) mass is 385 g/mol. The number of carbonyl (C=O) groups is 2. The molecule has 1 aromatic carbocycles. The van der Waals surface area contributed by atoms with Crippen molar-refractivity contribution >= 4 is 22.8 Å². The second kappa shape index (κ2) is 7.18. The summed E-state index contributed by atoms with van der Waals surface area (Å²) in [7, 11) is 5.71. The first-order valence-corrected chi connectivity index (χ1v) is 9.66. The number of piperidine rings is 1. The number of piperazine rings is 1. The Labute approximate surface area is 164 Å². The molecule has 2 aliphatic rings. The van der Waals surface area contributed by atoms with E-state index in [1.54, 1.807) is 4.68 Å². The zero-order valence-electron chi connectivity index (χ0n) is 16.5. The summed E-state index contributed by atoms with van der Waals surface area (Å²) in [6.07, 6.45) is 1.74. The number of rotatable bonds is 4. The lowest BCUT2D eigenvalue weighted by molar-refractivity contribution is -0.148. The molecule has 4 rings (SSSR count). The number of methoxy groups -OCH3 is 1. The Morgan fingerprint density at radius 2 is 1.82 bits per heavy atom. The first-order chi connectivity index (χ1) is 13.4. The van der Waals surface area contributed by atoms with Gasteiger partial charge < -0.3 is 15.4 Å². The fourth-order valence-electron chi connectivity index (χ4n) is 4.98. The highest BCUT2D eigenvalue weighted by Crippen LogP contribution is 2.39. The number of carbonyl (C=O) groups excluding carboxylic acids is 2. The number of nitrogens with zero attached hydrogens (tertiary/aromatic N) is 4. The molecule has 2 N–H and O–H groups in total. The second-order valence-corrected chi connectivity index (χ2v) is 8.07. The molecule has 8 heteroatoms. The molecule has 3 unspecified atom stereocenters. The Kier molecular flexibility index (Phi) is 4.84. The Bertz CT molecular complexity index is 894. The fraction of sp³-hybridized carbons (Fsp3) is 0.550. The van der Waals surface area contributed by atoms with Crippen LogP contribution in [0.5, 0.6) is 0 Å².